The quantitative estimate of drug-likeness (QED) is 0.539. The van der Waals surface area contributed by atoms with Crippen LogP contribution >= 0.6 is 0 Å². The van der Waals surface area contributed by atoms with Crippen LogP contribution in [0.5, 0.6) is 0 Å². The molecule has 1 aliphatic heterocycles. The van der Waals surface area contributed by atoms with Gasteiger partial charge in [-0.25, -0.2) is 15.0 Å². The SMILES string of the molecule is c1ncn(C2CC[N]C2)n1. The lowest BCUT2D eigenvalue weighted by Crippen LogP contribution is -2.10. The summed E-state index contributed by atoms with van der Waals surface area (Å²) in [5.41, 5.74) is 0. The number of hydrogen-bond acceptors (Lipinski definition) is 2. The van der Waals surface area contributed by atoms with E-state index in [1.54, 1.807) is 12.7 Å². The van der Waals surface area contributed by atoms with Crippen LogP contribution in [0.2, 0.25) is 0 Å². The summed E-state index contributed by atoms with van der Waals surface area (Å²) in [6, 6.07) is 0.475. The second-order valence-electron chi connectivity index (χ2n) is 2.45. The Bertz CT molecular complexity index is 188. The maximum absolute atomic E-state index is 4.23. The highest BCUT2D eigenvalue weighted by Crippen LogP contribution is 2.12. The molecule has 1 saturated heterocycles. The fourth-order valence-corrected chi connectivity index (χ4v) is 1.19. The molecule has 1 unspecified atom stereocenters. The van der Waals surface area contributed by atoms with Crippen molar-refractivity contribution in [2.45, 2.75) is 12.5 Å². The Labute approximate surface area is 59.3 Å². The van der Waals surface area contributed by atoms with Gasteiger partial charge in [0, 0.05) is 13.1 Å². The molecule has 0 amide bonds. The number of hydrogen-bond donors (Lipinski definition) is 0. The molecule has 4 nitrogen and oxygen atoms in total. The van der Waals surface area contributed by atoms with Gasteiger partial charge in [0.1, 0.15) is 12.7 Å². The Hall–Kier alpha value is -0.900. The van der Waals surface area contributed by atoms with Gasteiger partial charge in [-0.1, -0.05) is 0 Å². The highest BCUT2D eigenvalue weighted by atomic mass is 15.3. The van der Waals surface area contributed by atoms with E-state index >= 15 is 0 Å². The summed E-state index contributed by atoms with van der Waals surface area (Å²) in [6.45, 7) is 1.88. The lowest BCUT2D eigenvalue weighted by atomic mass is 10.3. The normalized spacial score (nSPS) is 25.4. The van der Waals surface area contributed by atoms with Crippen LogP contribution in [0.3, 0.4) is 0 Å². The third kappa shape index (κ3) is 0.903. The standard InChI is InChI=1S/C6H9N4/c1-2-7-3-6(1)10-5-8-4-9-10/h4-6H,1-3H2. The van der Waals surface area contributed by atoms with E-state index in [2.05, 4.69) is 15.4 Å². The first kappa shape index (κ1) is 5.85. The Morgan fingerprint density at radius 2 is 2.50 bits per heavy atom. The van der Waals surface area contributed by atoms with Crippen molar-refractivity contribution in [2.75, 3.05) is 13.1 Å². The average Bonchev–Trinajstić information content (AvgIpc) is 2.59. The van der Waals surface area contributed by atoms with Crippen molar-refractivity contribution in [3.05, 3.63) is 12.7 Å². The second kappa shape index (κ2) is 2.38. The molecule has 0 saturated carbocycles. The van der Waals surface area contributed by atoms with E-state index in [4.69, 9.17) is 0 Å². The summed E-state index contributed by atoms with van der Waals surface area (Å²) in [6.07, 6.45) is 4.44. The summed E-state index contributed by atoms with van der Waals surface area (Å²) in [7, 11) is 0. The molecule has 2 rings (SSSR count). The van der Waals surface area contributed by atoms with Gasteiger partial charge >= 0.3 is 0 Å². The minimum absolute atomic E-state index is 0.475. The monoisotopic (exact) mass is 137 g/mol. The molecule has 1 atom stereocenters. The van der Waals surface area contributed by atoms with E-state index in [1.165, 1.54) is 0 Å². The Morgan fingerprint density at radius 3 is 3.10 bits per heavy atom. The highest BCUT2D eigenvalue weighted by Gasteiger charge is 2.16. The van der Waals surface area contributed by atoms with E-state index in [0.717, 1.165) is 19.5 Å². The molecule has 10 heavy (non-hydrogen) atoms. The molecule has 0 aromatic carbocycles. The van der Waals surface area contributed by atoms with Crippen LogP contribution in [0.1, 0.15) is 12.5 Å². The lowest BCUT2D eigenvalue weighted by molar-refractivity contribution is 0.488. The zero-order valence-electron chi connectivity index (χ0n) is 5.64. The van der Waals surface area contributed by atoms with Crippen LogP contribution in [0.25, 0.3) is 0 Å². The van der Waals surface area contributed by atoms with Gasteiger partial charge in [-0.05, 0) is 6.42 Å². The third-order valence-electron chi connectivity index (χ3n) is 1.77. The van der Waals surface area contributed by atoms with Gasteiger partial charge in [-0.3, -0.25) is 0 Å². The van der Waals surface area contributed by atoms with Gasteiger partial charge in [0.25, 0.3) is 0 Å². The van der Waals surface area contributed by atoms with E-state index in [0.29, 0.717) is 6.04 Å². The second-order valence-corrected chi connectivity index (χ2v) is 2.45. The van der Waals surface area contributed by atoms with Crippen molar-refractivity contribution >= 4 is 0 Å². The molecule has 0 aliphatic carbocycles. The molecule has 1 aromatic rings. The Balaban J connectivity index is 2.12. The number of rotatable bonds is 1. The third-order valence-corrected chi connectivity index (χ3v) is 1.77. The minimum atomic E-state index is 0.475. The maximum atomic E-state index is 4.23. The summed E-state index contributed by atoms with van der Waals surface area (Å²) in [5, 5.41) is 8.28. The molecule has 1 aromatic heterocycles. The lowest BCUT2D eigenvalue weighted by Gasteiger charge is -2.05. The van der Waals surface area contributed by atoms with Gasteiger partial charge < -0.3 is 0 Å². The predicted molar refractivity (Wildman–Crippen MR) is 35.5 cm³/mol. The van der Waals surface area contributed by atoms with Crippen molar-refractivity contribution in [1.29, 1.82) is 0 Å². The summed E-state index contributed by atoms with van der Waals surface area (Å²) < 4.78 is 1.89. The fourth-order valence-electron chi connectivity index (χ4n) is 1.19. The molecule has 2 heterocycles. The van der Waals surface area contributed by atoms with Crippen molar-refractivity contribution in [3.8, 4) is 0 Å². The predicted octanol–water partition coefficient (Wildman–Crippen LogP) is -0.173. The van der Waals surface area contributed by atoms with Crippen molar-refractivity contribution in [1.82, 2.24) is 20.1 Å². The molecule has 1 radical (unpaired) electrons. The van der Waals surface area contributed by atoms with Gasteiger partial charge in [-0.2, -0.15) is 5.10 Å². The maximum Gasteiger partial charge on any atom is 0.137 e. The molecule has 4 heteroatoms. The largest absolute Gasteiger partial charge is 0.249 e. The molecule has 1 aliphatic rings. The van der Waals surface area contributed by atoms with Crippen LogP contribution in [-0.2, 0) is 0 Å². The van der Waals surface area contributed by atoms with Crippen LogP contribution in [0, 0.1) is 0 Å². The smallest absolute Gasteiger partial charge is 0.137 e. The highest BCUT2D eigenvalue weighted by molar-refractivity contribution is 4.76. The fraction of sp³-hybridized carbons (Fsp3) is 0.667. The molecule has 1 fully saturated rings. The van der Waals surface area contributed by atoms with E-state index < -0.39 is 0 Å². The zero-order valence-corrected chi connectivity index (χ0v) is 5.64. The van der Waals surface area contributed by atoms with E-state index in [-0.39, 0.29) is 0 Å². The molecule has 0 bridgehead atoms. The van der Waals surface area contributed by atoms with Crippen molar-refractivity contribution < 1.29 is 0 Å². The van der Waals surface area contributed by atoms with Gasteiger partial charge in [0.2, 0.25) is 0 Å². The van der Waals surface area contributed by atoms with Crippen LogP contribution in [-0.4, -0.2) is 27.9 Å². The first-order valence-electron chi connectivity index (χ1n) is 3.44. The van der Waals surface area contributed by atoms with Crippen LogP contribution in [0.4, 0.5) is 0 Å². The van der Waals surface area contributed by atoms with Crippen LogP contribution in [0.15, 0.2) is 12.7 Å². The van der Waals surface area contributed by atoms with E-state index in [9.17, 15) is 0 Å². The van der Waals surface area contributed by atoms with Crippen LogP contribution < -0.4 is 5.32 Å². The molecule has 0 spiro atoms. The van der Waals surface area contributed by atoms with Gasteiger partial charge in [-0.15, -0.1) is 0 Å². The first-order chi connectivity index (χ1) is 4.97. The Kier molecular flexibility index (Phi) is 1.39. The average molecular weight is 137 g/mol. The molecule has 0 N–H and O–H groups in total. The number of nitrogens with zero attached hydrogens (tertiary/aromatic N) is 4. The topological polar surface area (TPSA) is 44.8 Å². The first-order valence-corrected chi connectivity index (χ1v) is 3.44. The Morgan fingerprint density at radius 1 is 1.50 bits per heavy atom. The molecular weight excluding hydrogens is 128 g/mol. The number of aromatic nitrogens is 3. The van der Waals surface area contributed by atoms with E-state index in [1.807, 2.05) is 4.68 Å². The summed E-state index contributed by atoms with van der Waals surface area (Å²) in [4.78, 5) is 3.88. The minimum Gasteiger partial charge on any atom is -0.249 e. The molecular formula is C6H9N4. The van der Waals surface area contributed by atoms with Crippen molar-refractivity contribution in [3.63, 3.8) is 0 Å². The molecule has 53 valence electrons. The van der Waals surface area contributed by atoms with Gasteiger partial charge in [0.15, 0.2) is 0 Å². The van der Waals surface area contributed by atoms with Crippen molar-refractivity contribution in [2.24, 2.45) is 0 Å². The summed E-state index contributed by atoms with van der Waals surface area (Å²) >= 11 is 0. The summed E-state index contributed by atoms with van der Waals surface area (Å²) in [5.74, 6) is 0. The zero-order chi connectivity index (χ0) is 6.81. The van der Waals surface area contributed by atoms with Gasteiger partial charge in [0.05, 0.1) is 6.04 Å².